The summed E-state index contributed by atoms with van der Waals surface area (Å²) < 4.78 is 7.61. The number of methoxy groups -OCH3 is 1. The Morgan fingerprint density at radius 2 is 1.81 bits per heavy atom. The van der Waals surface area contributed by atoms with Crippen molar-refractivity contribution in [1.29, 1.82) is 0 Å². The number of carbonyl (C=O) groups excluding carboxylic acids is 1. The van der Waals surface area contributed by atoms with Gasteiger partial charge in [0.05, 0.1) is 29.7 Å². The molecule has 0 saturated carbocycles. The van der Waals surface area contributed by atoms with Crippen LogP contribution in [0.15, 0.2) is 54.9 Å². The highest BCUT2D eigenvalue weighted by molar-refractivity contribution is 6.32. The first-order chi connectivity index (χ1) is 20.3. The van der Waals surface area contributed by atoms with Gasteiger partial charge in [0, 0.05) is 68.1 Å². The first-order valence-corrected chi connectivity index (χ1v) is 14.7. The molecule has 1 aliphatic heterocycles. The quantitative estimate of drug-likeness (QED) is 0.248. The van der Waals surface area contributed by atoms with Crippen molar-refractivity contribution in [2.45, 2.75) is 26.7 Å². The van der Waals surface area contributed by atoms with Crippen molar-refractivity contribution in [1.82, 2.24) is 19.4 Å². The van der Waals surface area contributed by atoms with Gasteiger partial charge in [0.1, 0.15) is 5.75 Å². The van der Waals surface area contributed by atoms with E-state index in [1.807, 2.05) is 61.1 Å². The molecule has 1 aliphatic rings. The Morgan fingerprint density at radius 3 is 2.52 bits per heavy atom. The maximum Gasteiger partial charge on any atom is 0.257 e. The Bertz CT molecular complexity index is 1580. The molecular weight excluding hydrogens is 550 g/mol. The lowest BCUT2D eigenvalue weighted by molar-refractivity contribution is 0.102. The van der Waals surface area contributed by atoms with Crippen LogP contribution in [0.3, 0.4) is 0 Å². The molecule has 1 saturated heterocycles. The van der Waals surface area contributed by atoms with E-state index in [9.17, 15) is 4.79 Å². The number of hydrogen-bond donors (Lipinski definition) is 2. The number of aromatic nitrogens is 3. The number of piperazine rings is 1. The van der Waals surface area contributed by atoms with Crippen molar-refractivity contribution >= 4 is 40.5 Å². The minimum Gasteiger partial charge on any atom is -0.494 e. The molecule has 0 atom stereocenters. The molecule has 0 bridgehead atoms. The van der Waals surface area contributed by atoms with E-state index in [0.717, 1.165) is 78.7 Å². The molecule has 5 rings (SSSR count). The third-order valence-electron chi connectivity index (χ3n) is 7.80. The van der Waals surface area contributed by atoms with Crippen LogP contribution in [0.25, 0.3) is 11.4 Å². The van der Waals surface area contributed by atoms with E-state index in [1.165, 1.54) is 0 Å². The number of likely N-dealkylation sites (N-methyl/N-ethyl adjacent to an activating group) is 1. The molecule has 2 aromatic carbocycles. The Hall–Kier alpha value is -4.08. The smallest absolute Gasteiger partial charge is 0.257 e. The van der Waals surface area contributed by atoms with Crippen LogP contribution in [0.1, 0.15) is 35.3 Å². The molecule has 10 heteroatoms. The van der Waals surface area contributed by atoms with Gasteiger partial charge in [-0.1, -0.05) is 31.5 Å². The topological polar surface area (TPSA) is 87.6 Å². The number of halogens is 1. The normalized spacial score (nSPS) is 13.7. The maximum atomic E-state index is 13.4. The van der Waals surface area contributed by atoms with E-state index in [0.29, 0.717) is 22.2 Å². The summed E-state index contributed by atoms with van der Waals surface area (Å²) in [7, 11) is 5.71. The first-order valence-electron chi connectivity index (χ1n) is 14.3. The number of aryl methyl sites for hydroxylation is 2. The standard InChI is InChI=1S/C32H38ClN7O2/c1-6-21-8-10-25(33)24(7-2)30(21)37-31(41)22-18-28(39(4)20-22)26-12-13-34-32(35-26)36-27-11-9-23(19-29(27)42-5)40-16-14-38(3)15-17-40/h8-13,18-20H,6-7,14-17H2,1-5H3,(H,37,41)(H,34,35,36). The van der Waals surface area contributed by atoms with Gasteiger partial charge in [0.25, 0.3) is 5.91 Å². The Kier molecular flexibility index (Phi) is 8.99. The lowest BCUT2D eigenvalue weighted by atomic mass is 10.0. The van der Waals surface area contributed by atoms with Crippen molar-refractivity contribution in [3.8, 4) is 17.1 Å². The van der Waals surface area contributed by atoms with E-state index >= 15 is 0 Å². The van der Waals surface area contributed by atoms with E-state index in [-0.39, 0.29) is 5.91 Å². The van der Waals surface area contributed by atoms with Crippen LogP contribution < -0.4 is 20.3 Å². The van der Waals surface area contributed by atoms with Crippen molar-refractivity contribution < 1.29 is 9.53 Å². The van der Waals surface area contributed by atoms with Gasteiger partial charge < -0.3 is 29.7 Å². The largest absolute Gasteiger partial charge is 0.494 e. The summed E-state index contributed by atoms with van der Waals surface area (Å²) in [4.78, 5) is 27.3. The van der Waals surface area contributed by atoms with Gasteiger partial charge in [0.2, 0.25) is 5.95 Å². The fourth-order valence-electron chi connectivity index (χ4n) is 5.32. The van der Waals surface area contributed by atoms with Crippen LogP contribution in [-0.4, -0.2) is 65.7 Å². The van der Waals surface area contributed by atoms with Gasteiger partial charge in [0.15, 0.2) is 0 Å². The Balaban J connectivity index is 1.35. The number of rotatable bonds is 9. The molecule has 0 unspecified atom stereocenters. The number of nitrogens with one attached hydrogen (secondary N) is 2. The average Bonchev–Trinajstić information content (AvgIpc) is 3.40. The van der Waals surface area contributed by atoms with Gasteiger partial charge >= 0.3 is 0 Å². The van der Waals surface area contributed by atoms with E-state index in [4.69, 9.17) is 21.3 Å². The molecule has 1 fully saturated rings. The summed E-state index contributed by atoms with van der Waals surface area (Å²) in [6.07, 6.45) is 5.03. The minimum absolute atomic E-state index is 0.193. The number of ether oxygens (including phenoxy) is 1. The lowest BCUT2D eigenvalue weighted by Crippen LogP contribution is -2.44. The van der Waals surface area contributed by atoms with Gasteiger partial charge in [-0.25, -0.2) is 9.97 Å². The molecule has 1 amide bonds. The third-order valence-corrected chi connectivity index (χ3v) is 8.15. The summed E-state index contributed by atoms with van der Waals surface area (Å²) in [5.74, 6) is 0.961. The van der Waals surface area contributed by atoms with Crippen LogP contribution in [0, 0.1) is 0 Å². The number of carbonyl (C=O) groups is 1. The fraction of sp³-hybridized carbons (Fsp3) is 0.344. The second-order valence-corrected chi connectivity index (χ2v) is 10.9. The maximum absolute atomic E-state index is 13.4. The number of anilines is 4. The molecule has 0 radical (unpaired) electrons. The average molecular weight is 588 g/mol. The highest BCUT2D eigenvalue weighted by atomic mass is 35.5. The van der Waals surface area contributed by atoms with E-state index in [1.54, 1.807) is 13.3 Å². The number of amides is 1. The van der Waals surface area contributed by atoms with Crippen LogP contribution in [0.4, 0.5) is 23.0 Å². The number of nitrogens with zero attached hydrogens (tertiary/aromatic N) is 5. The van der Waals surface area contributed by atoms with Crippen LogP contribution in [-0.2, 0) is 19.9 Å². The van der Waals surface area contributed by atoms with E-state index in [2.05, 4.69) is 45.5 Å². The minimum atomic E-state index is -0.193. The summed E-state index contributed by atoms with van der Waals surface area (Å²) in [5, 5.41) is 7.08. The van der Waals surface area contributed by atoms with Gasteiger partial charge in [-0.15, -0.1) is 0 Å². The van der Waals surface area contributed by atoms with Crippen molar-refractivity contribution in [2.75, 3.05) is 55.9 Å². The van der Waals surface area contributed by atoms with Gasteiger partial charge in [-0.3, -0.25) is 4.79 Å². The monoisotopic (exact) mass is 587 g/mol. The zero-order valence-electron chi connectivity index (χ0n) is 24.9. The lowest BCUT2D eigenvalue weighted by Gasteiger charge is -2.34. The van der Waals surface area contributed by atoms with E-state index < -0.39 is 0 Å². The molecule has 9 nitrogen and oxygen atoms in total. The molecule has 220 valence electrons. The van der Waals surface area contributed by atoms with Gasteiger partial charge in [-0.2, -0.15) is 0 Å². The zero-order chi connectivity index (χ0) is 29.8. The number of benzene rings is 2. The Labute approximate surface area is 252 Å². The molecule has 2 N–H and O–H groups in total. The van der Waals surface area contributed by atoms with Crippen LogP contribution in [0.5, 0.6) is 5.75 Å². The van der Waals surface area contributed by atoms with Crippen LogP contribution >= 0.6 is 11.6 Å². The second-order valence-electron chi connectivity index (χ2n) is 10.5. The second kappa shape index (κ2) is 12.8. The highest BCUT2D eigenvalue weighted by Gasteiger charge is 2.19. The summed E-state index contributed by atoms with van der Waals surface area (Å²) in [6.45, 7) is 8.13. The van der Waals surface area contributed by atoms with Crippen molar-refractivity contribution in [3.05, 3.63) is 76.6 Å². The third kappa shape index (κ3) is 6.22. The highest BCUT2D eigenvalue weighted by Crippen LogP contribution is 2.33. The molecule has 42 heavy (non-hydrogen) atoms. The first kappa shape index (κ1) is 29.4. The summed E-state index contributed by atoms with van der Waals surface area (Å²) >= 11 is 6.45. The fourth-order valence-corrected chi connectivity index (χ4v) is 5.61. The van der Waals surface area contributed by atoms with Crippen molar-refractivity contribution in [2.24, 2.45) is 7.05 Å². The molecule has 2 aromatic heterocycles. The predicted octanol–water partition coefficient (Wildman–Crippen LogP) is 6.02. The van der Waals surface area contributed by atoms with Crippen LogP contribution in [0.2, 0.25) is 5.02 Å². The van der Waals surface area contributed by atoms with Crippen molar-refractivity contribution in [3.63, 3.8) is 0 Å². The van der Waals surface area contributed by atoms with Gasteiger partial charge in [-0.05, 0) is 61.3 Å². The summed E-state index contributed by atoms with van der Waals surface area (Å²) in [6, 6.07) is 13.7. The molecule has 3 heterocycles. The molecular formula is C32H38ClN7O2. The summed E-state index contributed by atoms with van der Waals surface area (Å²) in [5.41, 5.74) is 6.71. The molecule has 4 aromatic rings. The predicted molar refractivity (Wildman–Crippen MR) is 171 cm³/mol. The molecule has 0 spiro atoms. The SMILES string of the molecule is CCc1ccc(Cl)c(CC)c1NC(=O)c1cc(-c2ccnc(Nc3ccc(N4CCN(C)CC4)cc3OC)n2)n(C)c1. The molecule has 0 aliphatic carbocycles. The zero-order valence-corrected chi connectivity index (χ0v) is 25.6. The Morgan fingerprint density at radius 1 is 1.02 bits per heavy atom. The number of hydrogen-bond acceptors (Lipinski definition) is 7.